The molecule has 0 radical (unpaired) electrons. The molecule has 1 N–H and O–H groups in total. The van der Waals surface area contributed by atoms with Gasteiger partial charge in [-0.05, 0) is 42.3 Å². The summed E-state index contributed by atoms with van der Waals surface area (Å²) in [5, 5.41) is 9.90. The first-order valence-corrected chi connectivity index (χ1v) is 10.9. The first-order chi connectivity index (χ1) is 13.2. The Morgan fingerprint density at radius 3 is 2.32 bits per heavy atom. The molecule has 0 bridgehead atoms. The van der Waals surface area contributed by atoms with Gasteiger partial charge in [0.05, 0.1) is 21.4 Å². The van der Waals surface area contributed by atoms with Crippen LogP contribution in [0.5, 0.6) is 0 Å². The van der Waals surface area contributed by atoms with Crippen molar-refractivity contribution >= 4 is 44.9 Å². The molecule has 6 nitrogen and oxygen atoms in total. The number of rotatable bonds is 5. The van der Waals surface area contributed by atoms with Crippen LogP contribution in [0.4, 0.5) is 5.69 Å². The molecule has 2 aromatic rings. The van der Waals surface area contributed by atoms with E-state index in [9.17, 15) is 13.2 Å². The van der Waals surface area contributed by atoms with Gasteiger partial charge in [0, 0.05) is 31.9 Å². The SMILES string of the molecule is Cc1ccc(CC(=O)O)cc1S(=O)(=O)N1CCN(c2ccc(Cl)c(Cl)c2)CC1. The fourth-order valence-corrected chi connectivity index (χ4v) is 5.20. The fraction of sp³-hybridized carbons (Fsp3) is 0.316. The minimum absolute atomic E-state index is 0.161. The predicted octanol–water partition coefficient (Wildman–Crippen LogP) is 3.44. The average molecular weight is 443 g/mol. The number of aliphatic carboxylic acids is 1. The number of carboxylic acids is 1. The molecule has 28 heavy (non-hydrogen) atoms. The smallest absolute Gasteiger partial charge is 0.307 e. The van der Waals surface area contributed by atoms with Crippen LogP contribution < -0.4 is 4.90 Å². The lowest BCUT2D eigenvalue weighted by atomic mass is 10.1. The summed E-state index contributed by atoms with van der Waals surface area (Å²) in [7, 11) is -3.70. The van der Waals surface area contributed by atoms with Crippen LogP contribution in [0, 0.1) is 6.92 Å². The van der Waals surface area contributed by atoms with E-state index in [4.69, 9.17) is 28.3 Å². The standard InChI is InChI=1S/C19H20Cl2N2O4S/c1-13-2-3-14(11-19(24)25)10-18(13)28(26,27)23-8-6-22(7-9-23)15-4-5-16(20)17(21)12-15/h2-5,10,12H,6-9,11H2,1H3,(H,24,25). The topological polar surface area (TPSA) is 77.9 Å². The van der Waals surface area contributed by atoms with Crippen LogP contribution in [0.2, 0.25) is 10.0 Å². The molecular weight excluding hydrogens is 423 g/mol. The Hall–Kier alpha value is -1.80. The third-order valence-electron chi connectivity index (χ3n) is 4.73. The Morgan fingerprint density at radius 2 is 1.71 bits per heavy atom. The highest BCUT2D eigenvalue weighted by molar-refractivity contribution is 7.89. The lowest BCUT2D eigenvalue weighted by Crippen LogP contribution is -2.48. The lowest BCUT2D eigenvalue weighted by molar-refractivity contribution is -0.136. The molecule has 2 aromatic carbocycles. The van der Waals surface area contributed by atoms with Crippen LogP contribution in [0.3, 0.4) is 0 Å². The number of piperazine rings is 1. The maximum absolute atomic E-state index is 13.1. The van der Waals surface area contributed by atoms with Gasteiger partial charge in [-0.2, -0.15) is 4.31 Å². The van der Waals surface area contributed by atoms with Crippen LogP contribution in [0.1, 0.15) is 11.1 Å². The molecule has 0 aliphatic carbocycles. The molecule has 0 atom stereocenters. The molecule has 3 rings (SSSR count). The number of halogens is 2. The van der Waals surface area contributed by atoms with Gasteiger partial charge in [-0.15, -0.1) is 0 Å². The summed E-state index contributed by atoms with van der Waals surface area (Å²) >= 11 is 12.0. The normalized spacial score (nSPS) is 15.6. The van der Waals surface area contributed by atoms with Crippen molar-refractivity contribution in [3.63, 3.8) is 0 Å². The van der Waals surface area contributed by atoms with Gasteiger partial charge < -0.3 is 10.0 Å². The van der Waals surface area contributed by atoms with Crippen LogP contribution in [-0.4, -0.2) is 50.0 Å². The number of aryl methyl sites for hydroxylation is 1. The molecule has 1 fully saturated rings. The lowest BCUT2D eigenvalue weighted by Gasteiger charge is -2.35. The van der Waals surface area contributed by atoms with Gasteiger partial charge in [0.2, 0.25) is 10.0 Å². The van der Waals surface area contributed by atoms with Crippen molar-refractivity contribution < 1.29 is 18.3 Å². The zero-order valence-electron chi connectivity index (χ0n) is 15.2. The van der Waals surface area contributed by atoms with E-state index in [1.807, 2.05) is 6.07 Å². The maximum atomic E-state index is 13.1. The molecule has 1 aliphatic heterocycles. The van der Waals surface area contributed by atoms with Crippen LogP contribution >= 0.6 is 23.2 Å². The van der Waals surface area contributed by atoms with E-state index in [0.29, 0.717) is 47.4 Å². The first-order valence-electron chi connectivity index (χ1n) is 8.70. The second-order valence-electron chi connectivity index (χ2n) is 6.66. The summed E-state index contributed by atoms with van der Waals surface area (Å²) in [5.41, 5.74) is 1.96. The van der Waals surface area contributed by atoms with Gasteiger partial charge in [-0.1, -0.05) is 35.3 Å². The van der Waals surface area contributed by atoms with E-state index in [0.717, 1.165) is 5.69 Å². The Morgan fingerprint density at radius 1 is 1.04 bits per heavy atom. The van der Waals surface area contributed by atoms with E-state index >= 15 is 0 Å². The van der Waals surface area contributed by atoms with Gasteiger partial charge >= 0.3 is 5.97 Å². The Labute approximate surface area is 174 Å². The Bertz CT molecular complexity index is 1000. The zero-order chi connectivity index (χ0) is 20.5. The molecule has 0 saturated carbocycles. The summed E-state index contributed by atoms with van der Waals surface area (Å²) in [6.45, 7) is 3.40. The number of sulfonamides is 1. The molecule has 1 heterocycles. The number of hydrogen-bond donors (Lipinski definition) is 1. The van der Waals surface area contributed by atoms with Crippen molar-refractivity contribution in [2.75, 3.05) is 31.1 Å². The molecule has 1 aliphatic rings. The van der Waals surface area contributed by atoms with Gasteiger partial charge in [0.1, 0.15) is 0 Å². The van der Waals surface area contributed by atoms with Gasteiger partial charge in [0.15, 0.2) is 0 Å². The summed E-state index contributed by atoms with van der Waals surface area (Å²) in [4.78, 5) is 13.2. The van der Waals surface area contributed by atoms with Crippen molar-refractivity contribution in [3.8, 4) is 0 Å². The molecule has 150 valence electrons. The van der Waals surface area contributed by atoms with Crippen LogP contribution in [0.15, 0.2) is 41.3 Å². The highest BCUT2D eigenvalue weighted by Gasteiger charge is 2.30. The average Bonchev–Trinajstić information content (AvgIpc) is 2.65. The molecule has 0 spiro atoms. The Balaban J connectivity index is 1.77. The molecule has 1 saturated heterocycles. The monoisotopic (exact) mass is 442 g/mol. The van der Waals surface area contributed by atoms with Crippen molar-refractivity contribution in [3.05, 3.63) is 57.6 Å². The second-order valence-corrected chi connectivity index (χ2v) is 9.38. The van der Waals surface area contributed by atoms with E-state index in [1.54, 1.807) is 31.2 Å². The molecular formula is C19H20Cl2N2O4S. The number of nitrogens with zero attached hydrogens (tertiary/aromatic N) is 2. The first kappa shape index (κ1) is 20.9. The summed E-state index contributed by atoms with van der Waals surface area (Å²) in [6.07, 6.45) is -0.214. The number of carboxylic acid groups (broad SMARTS) is 1. The quantitative estimate of drug-likeness (QED) is 0.766. The van der Waals surface area contributed by atoms with Crippen LogP contribution in [-0.2, 0) is 21.2 Å². The third kappa shape index (κ3) is 4.43. The second kappa shape index (κ2) is 8.29. The molecule has 0 aromatic heterocycles. The third-order valence-corrected chi connectivity index (χ3v) is 7.51. The molecule has 0 amide bonds. The van der Waals surface area contributed by atoms with Gasteiger partial charge in [0.25, 0.3) is 0 Å². The minimum Gasteiger partial charge on any atom is -0.481 e. The van der Waals surface area contributed by atoms with E-state index in [1.165, 1.54) is 10.4 Å². The summed E-state index contributed by atoms with van der Waals surface area (Å²) in [5.74, 6) is -0.998. The fourth-order valence-electron chi connectivity index (χ4n) is 3.21. The number of benzene rings is 2. The molecule has 9 heteroatoms. The highest BCUT2D eigenvalue weighted by Crippen LogP contribution is 2.29. The summed E-state index contributed by atoms with van der Waals surface area (Å²) < 4.78 is 27.7. The van der Waals surface area contributed by atoms with Crippen molar-refractivity contribution in [2.24, 2.45) is 0 Å². The van der Waals surface area contributed by atoms with E-state index in [-0.39, 0.29) is 11.3 Å². The largest absolute Gasteiger partial charge is 0.481 e. The number of carbonyl (C=O) groups is 1. The predicted molar refractivity (Wildman–Crippen MR) is 110 cm³/mol. The highest BCUT2D eigenvalue weighted by atomic mass is 35.5. The summed E-state index contributed by atoms with van der Waals surface area (Å²) in [6, 6.07) is 10.1. The van der Waals surface area contributed by atoms with Crippen molar-refractivity contribution in [1.29, 1.82) is 0 Å². The van der Waals surface area contributed by atoms with E-state index in [2.05, 4.69) is 4.90 Å². The molecule has 0 unspecified atom stereocenters. The van der Waals surface area contributed by atoms with Crippen molar-refractivity contribution in [2.45, 2.75) is 18.2 Å². The van der Waals surface area contributed by atoms with Gasteiger partial charge in [-0.3, -0.25) is 4.79 Å². The van der Waals surface area contributed by atoms with Crippen molar-refractivity contribution in [1.82, 2.24) is 4.31 Å². The maximum Gasteiger partial charge on any atom is 0.307 e. The number of anilines is 1. The zero-order valence-corrected chi connectivity index (χ0v) is 17.6. The minimum atomic E-state index is -3.70. The van der Waals surface area contributed by atoms with Gasteiger partial charge in [-0.25, -0.2) is 8.42 Å². The number of hydrogen-bond acceptors (Lipinski definition) is 4. The van der Waals surface area contributed by atoms with E-state index < -0.39 is 16.0 Å². The van der Waals surface area contributed by atoms with Crippen LogP contribution in [0.25, 0.3) is 0 Å². The Kier molecular flexibility index (Phi) is 6.19.